The number of rotatable bonds is 8. The molecule has 0 bridgehead atoms. The quantitative estimate of drug-likeness (QED) is 0.625. The highest BCUT2D eigenvalue weighted by molar-refractivity contribution is 5.85. The van der Waals surface area contributed by atoms with Crippen molar-refractivity contribution in [3.63, 3.8) is 0 Å². The van der Waals surface area contributed by atoms with Crippen LogP contribution in [-0.4, -0.2) is 43.7 Å². The Hall–Kier alpha value is -1.83. The fourth-order valence-corrected chi connectivity index (χ4v) is 2.36. The number of halogens is 1. The molecule has 1 aromatic rings. The average molecular weight is 372 g/mol. The van der Waals surface area contributed by atoms with Gasteiger partial charge in [0.15, 0.2) is 6.61 Å². The Labute approximate surface area is 154 Å². The number of benzene rings is 1. The molecule has 1 aliphatic rings. The number of carbonyl (C=O) groups is 2. The van der Waals surface area contributed by atoms with Crippen LogP contribution >= 0.6 is 12.4 Å². The van der Waals surface area contributed by atoms with Gasteiger partial charge in [-0.15, -0.1) is 12.4 Å². The van der Waals surface area contributed by atoms with Crippen LogP contribution in [-0.2, 0) is 20.9 Å². The van der Waals surface area contributed by atoms with Gasteiger partial charge in [-0.25, -0.2) is 0 Å². The van der Waals surface area contributed by atoms with Crippen LogP contribution in [0.25, 0.3) is 0 Å². The summed E-state index contributed by atoms with van der Waals surface area (Å²) in [7, 11) is 0. The Morgan fingerprint density at radius 3 is 2.80 bits per heavy atom. The van der Waals surface area contributed by atoms with Crippen molar-refractivity contribution < 1.29 is 19.1 Å². The molecule has 4 N–H and O–H groups in total. The molecule has 0 aromatic heterocycles. The smallest absolute Gasteiger partial charge is 0.258 e. The van der Waals surface area contributed by atoms with Crippen LogP contribution in [0.2, 0.25) is 0 Å². The first-order valence-electron chi connectivity index (χ1n) is 8.18. The first-order valence-corrected chi connectivity index (χ1v) is 8.18. The van der Waals surface area contributed by atoms with Gasteiger partial charge in [-0.2, -0.15) is 0 Å². The summed E-state index contributed by atoms with van der Waals surface area (Å²) in [6.45, 7) is 3.11. The SMILES string of the molecule is C[C@@H](N)C(=O)NCc1ccccc1OCC(=O)NCC1CCCO1.Cl. The molecule has 1 saturated heterocycles. The summed E-state index contributed by atoms with van der Waals surface area (Å²) in [5.74, 6) is 0.133. The number of ether oxygens (including phenoxy) is 2. The average Bonchev–Trinajstić information content (AvgIpc) is 3.10. The predicted octanol–water partition coefficient (Wildman–Crippen LogP) is 0.746. The Balaban J connectivity index is 0.00000312. The van der Waals surface area contributed by atoms with Gasteiger partial charge in [0.1, 0.15) is 5.75 Å². The van der Waals surface area contributed by atoms with Crippen LogP contribution in [0.15, 0.2) is 24.3 Å². The van der Waals surface area contributed by atoms with Crippen molar-refractivity contribution in [2.24, 2.45) is 5.73 Å². The maximum absolute atomic E-state index is 11.9. The topological polar surface area (TPSA) is 103 Å². The standard InChI is InChI=1S/C17H25N3O4.ClH/c1-12(18)17(22)20-9-13-5-2-3-7-15(13)24-11-16(21)19-10-14-6-4-8-23-14;/h2-3,5,7,12,14H,4,6,8-11,18H2,1H3,(H,19,21)(H,20,22);1H/t12-,14?;/m1./s1. The minimum atomic E-state index is -0.568. The Morgan fingerprint density at radius 2 is 2.12 bits per heavy atom. The highest BCUT2D eigenvalue weighted by Crippen LogP contribution is 2.17. The van der Waals surface area contributed by atoms with Crippen molar-refractivity contribution in [1.82, 2.24) is 10.6 Å². The maximum Gasteiger partial charge on any atom is 0.258 e. The molecule has 1 heterocycles. The van der Waals surface area contributed by atoms with E-state index in [2.05, 4.69) is 10.6 Å². The highest BCUT2D eigenvalue weighted by Gasteiger charge is 2.16. The van der Waals surface area contributed by atoms with E-state index in [0.29, 0.717) is 18.8 Å². The Morgan fingerprint density at radius 1 is 1.36 bits per heavy atom. The maximum atomic E-state index is 11.9. The lowest BCUT2D eigenvalue weighted by atomic mass is 10.2. The van der Waals surface area contributed by atoms with Crippen molar-refractivity contribution in [2.45, 2.75) is 38.5 Å². The molecule has 140 valence electrons. The summed E-state index contributed by atoms with van der Waals surface area (Å²) in [4.78, 5) is 23.4. The lowest BCUT2D eigenvalue weighted by Crippen LogP contribution is -2.38. The second kappa shape index (κ2) is 10.9. The summed E-state index contributed by atoms with van der Waals surface area (Å²) < 4.78 is 11.0. The van der Waals surface area contributed by atoms with E-state index in [9.17, 15) is 9.59 Å². The van der Waals surface area contributed by atoms with Crippen LogP contribution in [0.5, 0.6) is 5.75 Å². The predicted molar refractivity (Wildman–Crippen MR) is 96.7 cm³/mol. The van der Waals surface area contributed by atoms with E-state index in [0.717, 1.165) is 25.0 Å². The van der Waals surface area contributed by atoms with Gasteiger partial charge in [-0.05, 0) is 25.8 Å². The van der Waals surface area contributed by atoms with Gasteiger partial charge in [0.25, 0.3) is 5.91 Å². The van der Waals surface area contributed by atoms with Gasteiger partial charge in [-0.3, -0.25) is 9.59 Å². The molecule has 2 rings (SSSR count). The van der Waals surface area contributed by atoms with E-state index in [1.54, 1.807) is 13.0 Å². The van der Waals surface area contributed by atoms with E-state index < -0.39 is 6.04 Å². The molecule has 0 aliphatic carbocycles. The molecular formula is C17H26ClN3O4. The van der Waals surface area contributed by atoms with Gasteiger partial charge >= 0.3 is 0 Å². The number of hydrogen-bond acceptors (Lipinski definition) is 5. The Kier molecular flexibility index (Phi) is 9.26. The van der Waals surface area contributed by atoms with Crippen molar-refractivity contribution in [1.29, 1.82) is 0 Å². The molecule has 2 atom stereocenters. The monoisotopic (exact) mass is 371 g/mol. The van der Waals surface area contributed by atoms with Gasteiger partial charge in [-0.1, -0.05) is 18.2 Å². The summed E-state index contributed by atoms with van der Waals surface area (Å²) in [6.07, 6.45) is 2.12. The van der Waals surface area contributed by atoms with E-state index in [1.165, 1.54) is 0 Å². The minimum Gasteiger partial charge on any atom is -0.483 e. The minimum absolute atomic E-state index is 0. The molecule has 2 amide bonds. The first kappa shape index (κ1) is 21.2. The molecule has 0 radical (unpaired) electrons. The molecule has 1 fully saturated rings. The summed E-state index contributed by atoms with van der Waals surface area (Å²) in [5, 5.41) is 5.53. The van der Waals surface area contributed by atoms with Gasteiger partial charge in [0.05, 0.1) is 12.1 Å². The normalized spacial score (nSPS) is 17.3. The van der Waals surface area contributed by atoms with E-state index >= 15 is 0 Å². The van der Waals surface area contributed by atoms with Crippen molar-refractivity contribution in [3.05, 3.63) is 29.8 Å². The fourth-order valence-electron chi connectivity index (χ4n) is 2.36. The molecule has 1 aliphatic heterocycles. The molecule has 8 heteroatoms. The Bertz CT molecular complexity index is 563. The molecule has 1 unspecified atom stereocenters. The second-order valence-corrected chi connectivity index (χ2v) is 5.84. The molecule has 0 saturated carbocycles. The number of nitrogens with two attached hydrogens (primary N) is 1. The van der Waals surface area contributed by atoms with Crippen LogP contribution in [0.4, 0.5) is 0 Å². The largest absolute Gasteiger partial charge is 0.483 e. The van der Waals surface area contributed by atoms with E-state index in [4.69, 9.17) is 15.2 Å². The summed E-state index contributed by atoms with van der Waals surface area (Å²) in [5.41, 5.74) is 6.31. The third-order valence-corrected chi connectivity index (χ3v) is 3.75. The number of nitrogens with one attached hydrogen (secondary N) is 2. The number of hydrogen-bond donors (Lipinski definition) is 3. The lowest BCUT2D eigenvalue weighted by molar-refractivity contribution is -0.124. The third-order valence-electron chi connectivity index (χ3n) is 3.75. The van der Waals surface area contributed by atoms with Crippen molar-refractivity contribution >= 4 is 24.2 Å². The highest BCUT2D eigenvalue weighted by atomic mass is 35.5. The fraction of sp³-hybridized carbons (Fsp3) is 0.529. The van der Waals surface area contributed by atoms with Gasteiger partial charge in [0.2, 0.25) is 5.91 Å². The van der Waals surface area contributed by atoms with E-state index in [-0.39, 0.29) is 36.9 Å². The third kappa shape index (κ3) is 7.29. The lowest BCUT2D eigenvalue weighted by Gasteiger charge is -2.14. The number of para-hydroxylation sites is 1. The molecular weight excluding hydrogens is 346 g/mol. The zero-order valence-corrected chi connectivity index (χ0v) is 15.1. The molecule has 25 heavy (non-hydrogen) atoms. The van der Waals surface area contributed by atoms with Gasteiger partial charge in [0, 0.05) is 25.3 Å². The second-order valence-electron chi connectivity index (χ2n) is 5.84. The zero-order chi connectivity index (χ0) is 17.4. The van der Waals surface area contributed by atoms with Crippen LogP contribution in [0, 0.1) is 0 Å². The van der Waals surface area contributed by atoms with Gasteiger partial charge < -0.3 is 25.8 Å². The number of amides is 2. The van der Waals surface area contributed by atoms with Crippen LogP contribution in [0.1, 0.15) is 25.3 Å². The molecule has 1 aromatic carbocycles. The van der Waals surface area contributed by atoms with Crippen LogP contribution < -0.4 is 21.1 Å². The summed E-state index contributed by atoms with van der Waals surface area (Å²) in [6, 6.07) is 6.69. The zero-order valence-electron chi connectivity index (χ0n) is 14.3. The van der Waals surface area contributed by atoms with Crippen molar-refractivity contribution in [3.8, 4) is 5.75 Å². The van der Waals surface area contributed by atoms with Crippen molar-refractivity contribution in [2.75, 3.05) is 19.8 Å². The molecule has 0 spiro atoms. The summed E-state index contributed by atoms with van der Waals surface area (Å²) >= 11 is 0. The van der Waals surface area contributed by atoms with E-state index in [1.807, 2.05) is 18.2 Å². The first-order chi connectivity index (χ1) is 11.6. The molecule has 7 nitrogen and oxygen atoms in total. The number of carbonyl (C=O) groups excluding carboxylic acids is 2. The van der Waals surface area contributed by atoms with Crippen LogP contribution in [0.3, 0.4) is 0 Å².